The summed E-state index contributed by atoms with van der Waals surface area (Å²) in [7, 11) is -1.24. The molecule has 0 aromatic rings. The van der Waals surface area contributed by atoms with Gasteiger partial charge in [-0.15, -0.1) is 0 Å². The molecule has 54 valence electrons. The predicted octanol–water partition coefficient (Wildman–Crippen LogP) is 2.98. The van der Waals surface area contributed by atoms with Gasteiger partial charge in [-0.3, -0.25) is 0 Å². The van der Waals surface area contributed by atoms with Crippen LogP contribution in [0.1, 0.15) is 0 Å². The summed E-state index contributed by atoms with van der Waals surface area (Å²) in [6.45, 7) is 0. The van der Waals surface area contributed by atoms with Gasteiger partial charge in [-0.25, -0.2) is 4.79 Å². The summed E-state index contributed by atoms with van der Waals surface area (Å²) in [4.78, 5) is 9.27. The van der Waals surface area contributed by atoms with Crippen LogP contribution in [0, 0.1) is 0 Å². The summed E-state index contributed by atoms with van der Waals surface area (Å²) in [5.74, 6) is 0. The molecule has 0 saturated heterocycles. The number of rotatable bonds is 1. The average Bonchev–Trinajstić information content (AvgIpc) is 1.59. The van der Waals surface area contributed by atoms with Gasteiger partial charge in [0, 0.05) is 21.6 Å². The Kier molecular flexibility index (Phi) is 3.34. The van der Waals surface area contributed by atoms with Gasteiger partial charge in [0.1, 0.15) is 0 Å². The fourth-order valence-corrected chi connectivity index (χ4v) is 0.720. The first-order valence-corrected chi connectivity index (χ1v) is 3.68. The molecule has 0 heterocycles. The molecule has 0 aliphatic carbocycles. The SMILES string of the molecule is O=C(F)SSC(F)(F)F. The zero-order valence-corrected chi connectivity index (χ0v) is 5.37. The number of alkyl halides is 3. The second-order valence-electron chi connectivity index (χ2n) is 0.850. The van der Waals surface area contributed by atoms with Crippen molar-refractivity contribution in [3.8, 4) is 0 Å². The van der Waals surface area contributed by atoms with Gasteiger partial charge in [0.25, 0.3) is 0 Å². The number of carbonyl (C=O) groups is 1. The Bertz CT molecular complexity index is 110. The van der Waals surface area contributed by atoms with Gasteiger partial charge in [0.15, 0.2) is 0 Å². The Morgan fingerprint density at radius 3 is 1.89 bits per heavy atom. The lowest BCUT2D eigenvalue weighted by Gasteiger charge is -1.98. The highest BCUT2D eigenvalue weighted by atomic mass is 33.1. The van der Waals surface area contributed by atoms with Crippen LogP contribution in [0.4, 0.5) is 22.4 Å². The Hall–Kier alpha value is 0.0900. The molecule has 0 aromatic carbocycles. The molecule has 0 radical (unpaired) electrons. The molecule has 0 bridgehead atoms. The zero-order chi connectivity index (χ0) is 7.49. The molecule has 0 aromatic heterocycles. The lowest BCUT2D eigenvalue weighted by molar-refractivity contribution is -0.0311. The molecule has 0 saturated carbocycles. The van der Waals surface area contributed by atoms with Crippen molar-refractivity contribution in [1.29, 1.82) is 0 Å². The summed E-state index contributed by atoms with van der Waals surface area (Å²) >= 11 is 0. The fourth-order valence-electron chi connectivity index (χ4n) is 0.0800. The molecule has 1 nitrogen and oxygen atoms in total. The largest absolute Gasteiger partial charge is 0.452 e. The van der Waals surface area contributed by atoms with Gasteiger partial charge in [0.2, 0.25) is 0 Å². The highest BCUT2D eigenvalue weighted by molar-refractivity contribution is 8.82. The van der Waals surface area contributed by atoms with Crippen LogP contribution in [-0.4, -0.2) is 10.9 Å². The third-order valence-electron chi connectivity index (χ3n) is 0.202. The van der Waals surface area contributed by atoms with Gasteiger partial charge in [-0.1, -0.05) is 0 Å². The molecule has 0 unspecified atom stereocenters. The van der Waals surface area contributed by atoms with Crippen LogP contribution in [0.5, 0.6) is 0 Å². The molecule has 0 aliphatic heterocycles. The molecule has 0 atom stereocenters. The van der Waals surface area contributed by atoms with E-state index in [0.29, 0.717) is 0 Å². The van der Waals surface area contributed by atoms with Crippen molar-refractivity contribution in [3.63, 3.8) is 0 Å². The highest BCUT2D eigenvalue weighted by Gasteiger charge is 2.30. The van der Waals surface area contributed by atoms with Crippen LogP contribution in [0.2, 0.25) is 0 Å². The number of hydrogen-bond acceptors (Lipinski definition) is 3. The minimum Gasteiger partial charge on any atom is -0.247 e. The van der Waals surface area contributed by atoms with Crippen molar-refractivity contribution in [3.05, 3.63) is 0 Å². The van der Waals surface area contributed by atoms with Gasteiger partial charge in [0.05, 0.1) is 0 Å². The maximum atomic E-state index is 11.0. The lowest BCUT2D eigenvalue weighted by Crippen LogP contribution is -1.96. The fraction of sp³-hybridized carbons (Fsp3) is 0.500. The third kappa shape index (κ3) is 8.09. The van der Waals surface area contributed by atoms with Crippen LogP contribution in [0.15, 0.2) is 0 Å². The van der Waals surface area contributed by atoms with Crippen molar-refractivity contribution in [2.24, 2.45) is 0 Å². The van der Waals surface area contributed by atoms with E-state index in [1.807, 2.05) is 0 Å². The molecule has 0 amide bonds. The Morgan fingerprint density at radius 1 is 1.33 bits per heavy atom. The van der Waals surface area contributed by atoms with Gasteiger partial charge >= 0.3 is 10.9 Å². The van der Waals surface area contributed by atoms with E-state index in [1.54, 1.807) is 0 Å². The highest BCUT2D eigenvalue weighted by Crippen LogP contribution is 2.40. The molecule has 0 spiro atoms. The van der Waals surface area contributed by atoms with Crippen LogP contribution < -0.4 is 0 Å². The molecule has 0 fully saturated rings. The van der Waals surface area contributed by atoms with Crippen LogP contribution in [0.3, 0.4) is 0 Å². The number of hydrogen-bond donors (Lipinski definition) is 0. The molecule has 9 heavy (non-hydrogen) atoms. The standard InChI is InChI=1S/C2F4OS2/c3-1(7)8-9-2(4,5)6. The van der Waals surface area contributed by atoms with Crippen LogP contribution in [0.25, 0.3) is 0 Å². The van der Waals surface area contributed by atoms with E-state index >= 15 is 0 Å². The van der Waals surface area contributed by atoms with E-state index in [-0.39, 0.29) is 0 Å². The van der Waals surface area contributed by atoms with Gasteiger partial charge in [-0.05, 0) is 0 Å². The summed E-state index contributed by atoms with van der Waals surface area (Å²) in [5.41, 5.74) is -4.55. The molecule has 0 rings (SSSR count). The van der Waals surface area contributed by atoms with E-state index < -0.39 is 32.5 Å². The molecular formula is C2F4OS2. The number of halogens is 4. The Labute approximate surface area is 55.6 Å². The van der Waals surface area contributed by atoms with Crippen molar-refractivity contribution < 1.29 is 22.4 Å². The number of carbonyl (C=O) groups excluding carboxylic acids is 1. The third-order valence-corrected chi connectivity index (χ3v) is 1.82. The maximum absolute atomic E-state index is 11.0. The van der Waals surface area contributed by atoms with E-state index in [4.69, 9.17) is 0 Å². The summed E-state index contributed by atoms with van der Waals surface area (Å²) in [6.07, 6.45) is 0. The minimum atomic E-state index is -4.55. The Balaban J connectivity index is 3.39. The molecule has 0 aliphatic rings. The van der Waals surface area contributed by atoms with Crippen molar-refractivity contribution >= 4 is 27.0 Å². The molecule has 0 N–H and O–H groups in total. The monoisotopic (exact) mass is 180 g/mol. The quantitative estimate of drug-likeness (QED) is 0.351. The van der Waals surface area contributed by atoms with E-state index in [2.05, 4.69) is 0 Å². The first-order valence-electron chi connectivity index (χ1n) is 1.53. The lowest BCUT2D eigenvalue weighted by atomic mass is 11.6. The summed E-state index contributed by atoms with van der Waals surface area (Å²) in [6, 6.07) is 0. The average molecular weight is 180 g/mol. The van der Waals surface area contributed by atoms with Crippen molar-refractivity contribution in [1.82, 2.24) is 0 Å². The van der Waals surface area contributed by atoms with Crippen molar-refractivity contribution in [2.45, 2.75) is 5.51 Å². The summed E-state index contributed by atoms with van der Waals surface area (Å²) < 4.78 is 44.2. The zero-order valence-electron chi connectivity index (χ0n) is 3.74. The second kappa shape index (κ2) is 3.31. The second-order valence-corrected chi connectivity index (χ2v) is 2.97. The summed E-state index contributed by atoms with van der Waals surface area (Å²) in [5, 5.41) is -2.04. The molecular weight excluding hydrogens is 180 g/mol. The van der Waals surface area contributed by atoms with E-state index in [9.17, 15) is 22.4 Å². The topological polar surface area (TPSA) is 17.1 Å². The van der Waals surface area contributed by atoms with Crippen molar-refractivity contribution in [2.75, 3.05) is 0 Å². The minimum absolute atomic E-state index is 0.476. The maximum Gasteiger partial charge on any atom is 0.452 e. The van der Waals surface area contributed by atoms with E-state index in [0.717, 1.165) is 0 Å². The normalized spacial score (nSPS) is 11.6. The Morgan fingerprint density at radius 2 is 1.78 bits per heavy atom. The van der Waals surface area contributed by atoms with E-state index in [1.165, 1.54) is 0 Å². The predicted molar refractivity (Wildman–Crippen MR) is 27.7 cm³/mol. The first kappa shape index (κ1) is 9.09. The first-order chi connectivity index (χ1) is 3.92. The molecule has 7 heteroatoms. The van der Waals surface area contributed by atoms with Gasteiger partial charge in [-0.2, -0.15) is 17.6 Å². The van der Waals surface area contributed by atoms with Crippen LogP contribution >= 0.6 is 21.6 Å². The van der Waals surface area contributed by atoms with Gasteiger partial charge < -0.3 is 0 Å². The van der Waals surface area contributed by atoms with Crippen LogP contribution in [-0.2, 0) is 0 Å². The smallest absolute Gasteiger partial charge is 0.247 e.